The van der Waals surface area contributed by atoms with Gasteiger partial charge in [0.15, 0.2) is 0 Å². The summed E-state index contributed by atoms with van der Waals surface area (Å²) in [6.45, 7) is 6.77. The van der Waals surface area contributed by atoms with Crippen molar-refractivity contribution in [2.24, 2.45) is 11.7 Å². The summed E-state index contributed by atoms with van der Waals surface area (Å²) in [5, 5.41) is 0.397. The minimum atomic E-state index is -0.389. The van der Waals surface area contributed by atoms with E-state index in [2.05, 4.69) is 23.8 Å². The van der Waals surface area contributed by atoms with Crippen LogP contribution in [0.5, 0.6) is 0 Å². The summed E-state index contributed by atoms with van der Waals surface area (Å²) in [7, 11) is 0. The molecule has 0 saturated carbocycles. The van der Waals surface area contributed by atoms with Crippen LogP contribution in [0.2, 0.25) is 5.15 Å². The number of hydrogen-bond acceptors (Lipinski definition) is 4. The molecule has 5 nitrogen and oxygen atoms in total. The average Bonchev–Trinajstić information content (AvgIpc) is 2.19. The van der Waals surface area contributed by atoms with Gasteiger partial charge in [0.1, 0.15) is 17.3 Å². The lowest BCUT2D eigenvalue weighted by Crippen LogP contribution is -2.37. The maximum Gasteiger partial charge on any atom is 0.236 e. The highest BCUT2D eigenvalue weighted by atomic mass is 35.5. The minimum Gasteiger partial charge on any atom is -0.368 e. The number of rotatable bonds is 5. The van der Waals surface area contributed by atoms with E-state index in [1.54, 1.807) is 0 Å². The largest absolute Gasteiger partial charge is 0.368 e. The fourth-order valence-electron chi connectivity index (χ4n) is 1.59. The van der Waals surface area contributed by atoms with E-state index >= 15 is 0 Å². The van der Waals surface area contributed by atoms with Crippen molar-refractivity contribution in [3.8, 4) is 0 Å². The van der Waals surface area contributed by atoms with E-state index < -0.39 is 0 Å². The van der Waals surface area contributed by atoms with Crippen molar-refractivity contribution in [2.75, 3.05) is 18.0 Å². The number of anilines is 1. The van der Waals surface area contributed by atoms with Crippen molar-refractivity contribution >= 4 is 23.3 Å². The molecule has 0 aliphatic carbocycles. The topological polar surface area (TPSA) is 72.1 Å². The van der Waals surface area contributed by atoms with Crippen molar-refractivity contribution in [3.05, 3.63) is 17.0 Å². The van der Waals surface area contributed by atoms with Crippen LogP contribution < -0.4 is 10.6 Å². The number of carbonyl (C=O) groups excluding carboxylic acids is 1. The molecule has 1 aromatic rings. The third-order valence-corrected chi connectivity index (χ3v) is 2.61. The predicted octanol–water partition coefficient (Wildman–Crippen LogP) is 1.39. The highest BCUT2D eigenvalue weighted by Crippen LogP contribution is 2.22. The number of hydrogen-bond donors (Lipinski definition) is 1. The zero-order chi connectivity index (χ0) is 13.0. The van der Waals surface area contributed by atoms with Crippen LogP contribution in [0.15, 0.2) is 6.33 Å². The quantitative estimate of drug-likeness (QED) is 0.808. The summed E-state index contributed by atoms with van der Waals surface area (Å²) < 4.78 is 0. The third kappa shape index (κ3) is 3.85. The molecule has 1 heterocycles. The summed E-state index contributed by atoms with van der Waals surface area (Å²) in [6, 6.07) is 0. The number of aromatic nitrogens is 2. The van der Waals surface area contributed by atoms with E-state index in [1.165, 1.54) is 6.33 Å². The Hall–Kier alpha value is -1.36. The van der Waals surface area contributed by atoms with E-state index in [9.17, 15) is 4.79 Å². The van der Waals surface area contributed by atoms with Gasteiger partial charge < -0.3 is 10.6 Å². The van der Waals surface area contributed by atoms with Crippen molar-refractivity contribution in [3.63, 3.8) is 0 Å². The normalized spacial score (nSPS) is 10.6. The van der Waals surface area contributed by atoms with Crippen LogP contribution in [0.25, 0.3) is 0 Å². The molecule has 0 fully saturated rings. The molecule has 0 aromatic carbocycles. The van der Waals surface area contributed by atoms with Crippen molar-refractivity contribution in [1.29, 1.82) is 0 Å². The van der Waals surface area contributed by atoms with Crippen LogP contribution >= 0.6 is 11.6 Å². The second kappa shape index (κ2) is 5.82. The van der Waals surface area contributed by atoms with E-state index in [0.29, 0.717) is 23.4 Å². The molecule has 1 rings (SSSR count). The van der Waals surface area contributed by atoms with E-state index in [1.807, 2.05) is 11.8 Å². The Morgan fingerprint density at radius 1 is 1.53 bits per heavy atom. The SMILES string of the molecule is Cc1c(Cl)ncnc1N(CC(N)=O)CC(C)C. The molecular weight excluding hydrogens is 240 g/mol. The molecule has 1 amide bonds. The molecule has 0 aliphatic rings. The molecule has 0 atom stereocenters. The molecule has 0 spiro atoms. The van der Waals surface area contributed by atoms with Crippen LogP contribution in [0.3, 0.4) is 0 Å². The highest BCUT2D eigenvalue weighted by molar-refractivity contribution is 6.30. The van der Waals surface area contributed by atoms with Gasteiger partial charge in [-0.05, 0) is 12.8 Å². The zero-order valence-electron chi connectivity index (χ0n) is 10.3. The minimum absolute atomic E-state index is 0.131. The van der Waals surface area contributed by atoms with Gasteiger partial charge in [0.25, 0.3) is 0 Å². The first-order valence-electron chi connectivity index (χ1n) is 5.42. The fourth-order valence-corrected chi connectivity index (χ4v) is 1.72. The Kier molecular flexibility index (Phi) is 4.69. The summed E-state index contributed by atoms with van der Waals surface area (Å²) in [4.78, 5) is 21.0. The number of carbonyl (C=O) groups is 1. The molecule has 0 aliphatic heterocycles. The molecule has 94 valence electrons. The Morgan fingerprint density at radius 3 is 2.71 bits per heavy atom. The van der Waals surface area contributed by atoms with Crippen LogP contribution in [0.1, 0.15) is 19.4 Å². The smallest absolute Gasteiger partial charge is 0.236 e. The lowest BCUT2D eigenvalue weighted by atomic mass is 10.2. The number of halogens is 1. The van der Waals surface area contributed by atoms with Gasteiger partial charge in [0.2, 0.25) is 5.91 Å². The van der Waals surface area contributed by atoms with Gasteiger partial charge >= 0.3 is 0 Å². The summed E-state index contributed by atoms with van der Waals surface area (Å²) in [5.41, 5.74) is 6.00. The Morgan fingerprint density at radius 2 is 2.18 bits per heavy atom. The van der Waals surface area contributed by atoms with E-state index in [-0.39, 0.29) is 12.5 Å². The molecule has 0 unspecified atom stereocenters. The van der Waals surface area contributed by atoms with Crippen LogP contribution in [0.4, 0.5) is 5.82 Å². The first kappa shape index (κ1) is 13.7. The zero-order valence-corrected chi connectivity index (χ0v) is 11.0. The second-order valence-corrected chi connectivity index (χ2v) is 4.71. The van der Waals surface area contributed by atoms with Gasteiger partial charge in [-0.25, -0.2) is 9.97 Å². The average molecular weight is 257 g/mol. The summed E-state index contributed by atoms with van der Waals surface area (Å²) in [5.74, 6) is 0.666. The highest BCUT2D eigenvalue weighted by Gasteiger charge is 2.16. The number of primary amides is 1. The molecule has 0 bridgehead atoms. The first-order valence-corrected chi connectivity index (χ1v) is 5.80. The number of nitrogens with zero attached hydrogens (tertiary/aromatic N) is 3. The van der Waals surface area contributed by atoms with Crippen LogP contribution in [-0.4, -0.2) is 29.0 Å². The predicted molar refractivity (Wildman–Crippen MR) is 68.0 cm³/mol. The van der Waals surface area contributed by atoms with Gasteiger partial charge in [-0.15, -0.1) is 0 Å². The van der Waals surface area contributed by atoms with Gasteiger partial charge in [-0.2, -0.15) is 0 Å². The van der Waals surface area contributed by atoms with Gasteiger partial charge in [0, 0.05) is 12.1 Å². The third-order valence-electron chi connectivity index (χ3n) is 2.23. The summed E-state index contributed by atoms with van der Waals surface area (Å²) in [6.07, 6.45) is 1.39. The van der Waals surface area contributed by atoms with E-state index in [0.717, 1.165) is 5.56 Å². The molecule has 0 saturated heterocycles. The van der Waals surface area contributed by atoms with Gasteiger partial charge in [-0.3, -0.25) is 4.79 Å². The van der Waals surface area contributed by atoms with Gasteiger partial charge in [-0.1, -0.05) is 25.4 Å². The van der Waals surface area contributed by atoms with Crippen molar-refractivity contribution in [2.45, 2.75) is 20.8 Å². The lowest BCUT2D eigenvalue weighted by molar-refractivity contribution is -0.116. The Labute approximate surface area is 106 Å². The molecule has 6 heteroatoms. The lowest BCUT2D eigenvalue weighted by Gasteiger charge is -2.25. The Bertz CT molecular complexity index is 408. The Balaban J connectivity index is 3.03. The first-order chi connectivity index (χ1) is 7.91. The van der Waals surface area contributed by atoms with Gasteiger partial charge in [0.05, 0.1) is 6.54 Å². The van der Waals surface area contributed by atoms with E-state index in [4.69, 9.17) is 17.3 Å². The van der Waals surface area contributed by atoms with Crippen LogP contribution in [-0.2, 0) is 4.79 Å². The van der Waals surface area contributed by atoms with Crippen LogP contribution in [0, 0.1) is 12.8 Å². The van der Waals surface area contributed by atoms with Crippen molar-refractivity contribution in [1.82, 2.24) is 9.97 Å². The fraction of sp³-hybridized carbons (Fsp3) is 0.545. The molecule has 0 radical (unpaired) electrons. The summed E-state index contributed by atoms with van der Waals surface area (Å²) >= 11 is 5.94. The number of nitrogens with two attached hydrogens (primary N) is 1. The monoisotopic (exact) mass is 256 g/mol. The molecular formula is C11H17ClN4O. The standard InChI is InChI=1S/C11H17ClN4O/c1-7(2)4-16(5-9(13)17)11-8(3)10(12)14-6-15-11/h6-7H,4-5H2,1-3H3,(H2,13,17). The molecule has 2 N–H and O–H groups in total. The molecule has 17 heavy (non-hydrogen) atoms. The maximum absolute atomic E-state index is 11.1. The second-order valence-electron chi connectivity index (χ2n) is 4.35. The number of amides is 1. The van der Waals surface area contributed by atoms with Crippen molar-refractivity contribution < 1.29 is 4.79 Å². The maximum atomic E-state index is 11.1. The molecule has 1 aromatic heterocycles.